The molecule has 0 saturated carbocycles. The van der Waals surface area contributed by atoms with Crippen molar-refractivity contribution in [3.63, 3.8) is 0 Å². The van der Waals surface area contributed by atoms with Gasteiger partial charge in [-0.05, 0) is 6.07 Å². The number of hydrogen-bond donors (Lipinski definition) is 2. The summed E-state index contributed by atoms with van der Waals surface area (Å²) in [7, 11) is 1.47. The number of methoxy groups -OCH3 is 1. The van der Waals surface area contributed by atoms with Gasteiger partial charge in [-0.3, -0.25) is 5.84 Å². The van der Waals surface area contributed by atoms with Gasteiger partial charge in [0.1, 0.15) is 11.6 Å². The minimum Gasteiger partial charge on any atom is -0.497 e. The zero-order valence-corrected chi connectivity index (χ0v) is 8.22. The summed E-state index contributed by atoms with van der Waals surface area (Å²) in [5, 5.41) is 0. The third-order valence-corrected chi connectivity index (χ3v) is 1.27. The van der Waals surface area contributed by atoms with E-state index in [0.717, 1.165) is 0 Å². The van der Waals surface area contributed by atoms with E-state index in [-0.39, 0.29) is 22.8 Å². The Hall–Kier alpha value is -0.810. The Balaban J connectivity index is 0.00000121. The lowest BCUT2D eigenvalue weighted by molar-refractivity contribution is 0.411. The Morgan fingerprint density at radius 2 is 2.08 bits per heavy atom. The van der Waals surface area contributed by atoms with Gasteiger partial charge in [-0.25, -0.2) is 4.39 Å². The second kappa shape index (κ2) is 4.95. The fraction of sp³-hybridized carbons (Fsp3) is 0.143. The largest absolute Gasteiger partial charge is 0.497 e. The molecule has 1 aromatic carbocycles. The summed E-state index contributed by atoms with van der Waals surface area (Å²) in [4.78, 5) is 0. The molecular formula is C7H10BrFN2O. The molecule has 1 rings (SSSR count). The van der Waals surface area contributed by atoms with E-state index in [1.807, 2.05) is 0 Å². The Labute approximate surface area is 80.4 Å². The number of rotatable bonds is 2. The van der Waals surface area contributed by atoms with E-state index in [9.17, 15) is 4.39 Å². The number of benzene rings is 1. The van der Waals surface area contributed by atoms with Crippen LogP contribution in [0.25, 0.3) is 0 Å². The molecule has 0 aliphatic rings. The summed E-state index contributed by atoms with van der Waals surface area (Å²) >= 11 is 0. The third kappa shape index (κ3) is 2.67. The van der Waals surface area contributed by atoms with Crippen LogP contribution in [0.1, 0.15) is 0 Å². The normalized spacial score (nSPS) is 8.58. The van der Waals surface area contributed by atoms with E-state index >= 15 is 0 Å². The number of ether oxygens (including phenoxy) is 1. The van der Waals surface area contributed by atoms with Crippen molar-refractivity contribution in [2.45, 2.75) is 0 Å². The van der Waals surface area contributed by atoms with E-state index < -0.39 is 0 Å². The summed E-state index contributed by atoms with van der Waals surface area (Å²) in [6.45, 7) is 0. The molecule has 0 aromatic heterocycles. The number of hydrogen-bond acceptors (Lipinski definition) is 3. The minimum absolute atomic E-state index is 0. The summed E-state index contributed by atoms with van der Waals surface area (Å²) in [6, 6.07) is 4.16. The fourth-order valence-electron chi connectivity index (χ4n) is 0.764. The molecule has 0 atom stereocenters. The monoisotopic (exact) mass is 236 g/mol. The molecule has 1 aromatic rings. The topological polar surface area (TPSA) is 47.3 Å². The molecule has 0 spiro atoms. The van der Waals surface area contributed by atoms with Crippen LogP contribution < -0.4 is 16.0 Å². The standard InChI is InChI=1S/C7H9FN2O.BrH/c1-11-7-3-5(8)2-6(4-7)10-9;/h2-4,10H,9H2,1H3;1H. The number of nitrogen functional groups attached to an aromatic ring is 1. The number of halogens is 2. The third-order valence-electron chi connectivity index (χ3n) is 1.27. The quantitative estimate of drug-likeness (QED) is 0.607. The lowest BCUT2D eigenvalue weighted by atomic mass is 10.3. The van der Waals surface area contributed by atoms with Gasteiger partial charge in [0.2, 0.25) is 0 Å². The van der Waals surface area contributed by atoms with Crippen LogP contribution in [0.3, 0.4) is 0 Å². The van der Waals surface area contributed by atoms with Crippen molar-refractivity contribution in [2.75, 3.05) is 12.5 Å². The van der Waals surface area contributed by atoms with Crippen molar-refractivity contribution in [1.82, 2.24) is 0 Å². The van der Waals surface area contributed by atoms with Gasteiger partial charge >= 0.3 is 0 Å². The number of nitrogens with two attached hydrogens (primary N) is 1. The Morgan fingerprint density at radius 3 is 2.58 bits per heavy atom. The summed E-state index contributed by atoms with van der Waals surface area (Å²) in [5.41, 5.74) is 2.81. The molecule has 0 amide bonds. The van der Waals surface area contributed by atoms with Gasteiger partial charge in [0.05, 0.1) is 12.8 Å². The maximum Gasteiger partial charge on any atom is 0.129 e. The number of hydrazine groups is 1. The molecule has 0 radical (unpaired) electrons. The van der Waals surface area contributed by atoms with Gasteiger partial charge in [-0.2, -0.15) is 0 Å². The molecule has 12 heavy (non-hydrogen) atoms. The number of anilines is 1. The van der Waals surface area contributed by atoms with Crippen LogP contribution in [0.15, 0.2) is 18.2 Å². The smallest absolute Gasteiger partial charge is 0.129 e. The second-order valence-corrected chi connectivity index (χ2v) is 2.02. The van der Waals surface area contributed by atoms with Crippen molar-refractivity contribution >= 4 is 22.7 Å². The Morgan fingerprint density at radius 1 is 1.42 bits per heavy atom. The van der Waals surface area contributed by atoms with Crippen LogP contribution in [0.5, 0.6) is 5.75 Å². The van der Waals surface area contributed by atoms with Crippen LogP contribution >= 0.6 is 17.0 Å². The molecule has 0 unspecified atom stereocenters. The van der Waals surface area contributed by atoms with Crippen LogP contribution in [-0.2, 0) is 0 Å². The highest BCUT2D eigenvalue weighted by Gasteiger charge is 1.97. The van der Waals surface area contributed by atoms with E-state index in [1.54, 1.807) is 6.07 Å². The molecule has 0 saturated heterocycles. The van der Waals surface area contributed by atoms with Gasteiger partial charge in [0.15, 0.2) is 0 Å². The predicted octanol–water partition coefficient (Wildman–Crippen LogP) is 1.70. The zero-order valence-electron chi connectivity index (χ0n) is 6.50. The second-order valence-electron chi connectivity index (χ2n) is 2.02. The van der Waals surface area contributed by atoms with E-state index in [4.69, 9.17) is 10.6 Å². The minimum atomic E-state index is -0.377. The molecule has 0 aliphatic carbocycles. The van der Waals surface area contributed by atoms with Crippen LogP contribution in [-0.4, -0.2) is 7.11 Å². The van der Waals surface area contributed by atoms with Crippen molar-refractivity contribution in [3.8, 4) is 5.75 Å². The fourth-order valence-corrected chi connectivity index (χ4v) is 0.764. The first kappa shape index (κ1) is 11.2. The van der Waals surface area contributed by atoms with Gasteiger partial charge in [0, 0.05) is 12.1 Å². The van der Waals surface area contributed by atoms with Crippen molar-refractivity contribution in [2.24, 2.45) is 5.84 Å². The van der Waals surface area contributed by atoms with Crippen LogP contribution in [0, 0.1) is 5.82 Å². The SMILES string of the molecule is Br.COc1cc(F)cc(NN)c1. The molecule has 0 heterocycles. The molecule has 3 nitrogen and oxygen atoms in total. The van der Waals surface area contributed by atoms with Crippen molar-refractivity contribution in [1.29, 1.82) is 0 Å². The average molecular weight is 237 g/mol. The molecule has 5 heteroatoms. The van der Waals surface area contributed by atoms with Crippen LogP contribution in [0.4, 0.5) is 10.1 Å². The first-order valence-corrected chi connectivity index (χ1v) is 3.07. The highest BCUT2D eigenvalue weighted by Crippen LogP contribution is 2.18. The maximum absolute atomic E-state index is 12.6. The van der Waals surface area contributed by atoms with Gasteiger partial charge < -0.3 is 10.2 Å². The molecular weight excluding hydrogens is 227 g/mol. The highest BCUT2D eigenvalue weighted by atomic mass is 79.9. The van der Waals surface area contributed by atoms with Crippen molar-refractivity contribution in [3.05, 3.63) is 24.0 Å². The van der Waals surface area contributed by atoms with E-state index in [1.165, 1.54) is 19.2 Å². The zero-order chi connectivity index (χ0) is 8.27. The summed E-state index contributed by atoms with van der Waals surface area (Å²) in [5.74, 6) is 5.14. The first-order chi connectivity index (χ1) is 5.26. The van der Waals surface area contributed by atoms with Gasteiger partial charge in [-0.1, -0.05) is 0 Å². The molecule has 3 N–H and O–H groups in total. The first-order valence-electron chi connectivity index (χ1n) is 3.07. The van der Waals surface area contributed by atoms with Gasteiger partial charge in [0.25, 0.3) is 0 Å². The highest BCUT2D eigenvalue weighted by molar-refractivity contribution is 8.93. The molecule has 68 valence electrons. The Kier molecular flexibility index (Phi) is 4.61. The predicted molar refractivity (Wildman–Crippen MR) is 51.1 cm³/mol. The number of nitrogens with one attached hydrogen (secondary N) is 1. The summed E-state index contributed by atoms with van der Waals surface area (Å²) < 4.78 is 17.4. The Bertz CT molecular complexity index is 235. The lowest BCUT2D eigenvalue weighted by Crippen LogP contribution is -2.06. The lowest BCUT2D eigenvalue weighted by Gasteiger charge is -2.03. The van der Waals surface area contributed by atoms with Crippen LogP contribution in [0.2, 0.25) is 0 Å². The molecule has 0 aliphatic heterocycles. The van der Waals surface area contributed by atoms with E-state index in [0.29, 0.717) is 11.4 Å². The van der Waals surface area contributed by atoms with Crippen molar-refractivity contribution < 1.29 is 9.13 Å². The summed E-state index contributed by atoms with van der Waals surface area (Å²) in [6.07, 6.45) is 0. The molecule has 0 bridgehead atoms. The molecule has 0 fully saturated rings. The maximum atomic E-state index is 12.6. The van der Waals surface area contributed by atoms with Gasteiger partial charge in [-0.15, -0.1) is 17.0 Å². The average Bonchev–Trinajstić information content (AvgIpc) is 2.03. The van der Waals surface area contributed by atoms with E-state index in [2.05, 4.69) is 5.43 Å².